The largest absolute Gasteiger partial charge is 0.457 e. The Bertz CT molecular complexity index is 1160. The summed E-state index contributed by atoms with van der Waals surface area (Å²) in [7, 11) is 0. The van der Waals surface area contributed by atoms with Crippen LogP contribution in [0.5, 0.6) is 34.5 Å². The molecule has 0 aliphatic carbocycles. The molecule has 0 radical (unpaired) electrons. The van der Waals surface area contributed by atoms with Crippen molar-refractivity contribution in [3.63, 3.8) is 0 Å². The number of hydrogen-bond acceptors (Lipinski definition) is 3. The van der Waals surface area contributed by atoms with E-state index in [9.17, 15) is 0 Å². The number of rotatable bonds is 6. The summed E-state index contributed by atoms with van der Waals surface area (Å²) < 4.78 is 18.6. The van der Waals surface area contributed by atoms with Crippen LogP contribution >= 0.6 is 0 Å². The van der Waals surface area contributed by atoms with Crippen LogP contribution in [0.4, 0.5) is 0 Å². The Balaban J connectivity index is 1.70. The van der Waals surface area contributed by atoms with Crippen LogP contribution in [0.25, 0.3) is 0 Å². The first-order chi connectivity index (χ1) is 14.6. The van der Waals surface area contributed by atoms with Gasteiger partial charge in [0.1, 0.15) is 23.0 Å². The maximum absolute atomic E-state index is 6.26. The third kappa shape index (κ3) is 4.47. The first-order valence-electron chi connectivity index (χ1n) is 9.94. The molecule has 4 aromatic rings. The summed E-state index contributed by atoms with van der Waals surface area (Å²) in [5.74, 6) is 4.29. The highest BCUT2D eigenvalue weighted by molar-refractivity contribution is 5.52. The van der Waals surface area contributed by atoms with Gasteiger partial charge in [-0.15, -0.1) is 0 Å². The van der Waals surface area contributed by atoms with Crippen molar-refractivity contribution in [2.75, 3.05) is 0 Å². The molecule has 0 atom stereocenters. The topological polar surface area (TPSA) is 27.7 Å². The van der Waals surface area contributed by atoms with E-state index in [1.807, 2.05) is 112 Å². The lowest BCUT2D eigenvalue weighted by atomic mass is 10.2. The smallest absolute Gasteiger partial charge is 0.173 e. The highest BCUT2D eigenvalue weighted by Crippen LogP contribution is 2.40. The molecule has 0 N–H and O–H groups in total. The van der Waals surface area contributed by atoms with E-state index < -0.39 is 0 Å². The van der Waals surface area contributed by atoms with Gasteiger partial charge in [-0.3, -0.25) is 0 Å². The van der Waals surface area contributed by atoms with E-state index in [4.69, 9.17) is 14.2 Å². The molecule has 0 amide bonds. The number of aryl methyl sites for hydroxylation is 3. The van der Waals surface area contributed by atoms with Crippen LogP contribution in [0.2, 0.25) is 0 Å². The molecule has 0 fully saturated rings. The molecule has 0 bridgehead atoms. The molecule has 0 saturated heterocycles. The second-order valence-corrected chi connectivity index (χ2v) is 7.21. The van der Waals surface area contributed by atoms with Crippen LogP contribution in [-0.2, 0) is 0 Å². The molecule has 0 saturated carbocycles. The van der Waals surface area contributed by atoms with Crippen LogP contribution < -0.4 is 14.2 Å². The normalized spacial score (nSPS) is 10.5. The summed E-state index contributed by atoms with van der Waals surface area (Å²) in [4.78, 5) is 0. The number of ether oxygens (including phenoxy) is 3. The van der Waals surface area contributed by atoms with Crippen molar-refractivity contribution in [1.82, 2.24) is 0 Å². The van der Waals surface area contributed by atoms with Crippen LogP contribution in [0, 0.1) is 20.8 Å². The minimum Gasteiger partial charge on any atom is -0.457 e. The van der Waals surface area contributed by atoms with Crippen molar-refractivity contribution < 1.29 is 14.2 Å². The molecule has 4 aromatic carbocycles. The molecule has 0 aliphatic rings. The number of hydrogen-bond donors (Lipinski definition) is 0. The summed E-state index contributed by atoms with van der Waals surface area (Å²) in [6.07, 6.45) is 0. The van der Waals surface area contributed by atoms with Crippen LogP contribution in [-0.4, -0.2) is 0 Å². The lowest BCUT2D eigenvalue weighted by Crippen LogP contribution is -1.94. The SMILES string of the molecule is Cc1ccccc1Oc1ccc(Oc2ccccc2C)c(Oc2ccccc2C)c1. The molecule has 4 rings (SSSR count). The first kappa shape index (κ1) is 19.6. The third-order valence-electron chi connectivity index (χ3n) is 4.86. The average Bonchev–Trinajstić information content (AvgIpc) is 2.75. The van der Waals surface area contributed by atoms with Crippen LogP contribution in [0.1, 0.15) is 16.7 Å². The molecule has 0 aromatic heterocycles. The third-order valence-corrected chi connectivity index (χ3v) is 4.86. The summed E-state index contributed by atoms with van der Waals surface area (Å²) >= 11 is 0. The quantitative estimate of drug-likeness (QED) is 0.330. The van der Waals surface area contributed by atoms with Gasteiger partial charge in [0.05, 0.1) is 0 Å². The average molecular weight is 396 g/mol. The van der Waals surface area contributed by atoms with Gasteiger partial charge in [0.25, 0.3) is 0 Å². The van der Waals surface area contributed by atoms with Gasteiger partial charge in [0.2, 0.25) is 0 Å². The van der Waals surface area contributed by atoms with E-state index in [0.29, 0.717) is 17.2 Å². The predicted octanol–water partition coefficient (Wildman–Crippen LogP) is 7.99. The van der Waals surface area contributed by atoms with Crippen LogP contribution in [0.3, 0.4) is 0 Å². The standard InChI is InChI=1S/C27H24O3/c1-19-10-4-7-13-23(19)28-22-16-17-26(29-24-14-8-5-11-20(24)2)27(18-22)30-25-15-9-6-12-21(25)3/h4-18H,1-3H3. The fourth-order valence-corrected chi connectivity index (χ4v) is 3.09. The Morgan fingerprint density at radius 2 is 0.833 bits per heavy atom. The van der Waals surface area contributed by atoms with Gasteiger partial charge < -0.3 is 14.2 Å². The fourth-order valence-electron chi connectivity index (χ4n) is 3.09. The molecular weight excluding hydrogens is 372 g/mol. The van der Waals surface area contributed by atoms with E-state index in [1.165, 1.54) is 0 Å². The molecule has 3 heteroatoms. The highest BCUT2D eigenvalue weighted by atomic mass is 16.5. The zero-order valence-corrected chi connectivity index (χ0v) is 17.4. The van der Waals surface area contributed by atoms with Crippen molar-refractivity contribution in [2.45, 2.75) is 20.8 Å². The Hall–Kier alpha value is -3.72. The highest BCUT2D eigenvalue weighted by Gasteiger charge is 2.13. The van der Waals surface area contributed by atoms with Crippen molar-refractivity contribution in [2.24, 2.45) is 0 Å². The zero-order valence-electron chi connectivity index (χ0n) is 17.4. The predicted molar refractivity (Wildman–Crippen MR) is 120 cm³/mol. The van der Waals surface area contributed by atoms with Crippen LogP contribution in [0.15, 0.2) is 91.0 Å². The maximum Gasteiger partial charge on any atom is 0.173 e. The minimum atomic E-state index is 0.596. The number of benzene rings is 4. The molecule has 0 heterocycles. The molecule has 30 heavy (non-hydrogen) atoms. The second-order valence-electron chi connectivity index (χ2n) is 7.21. The molecule has 3 nitrogen and oxygen atoms in total. The zero-order chi connectivity index (χ0) is 20.9. The van der Waals surface area contributed by atoms with E-state index in [1.54, 1.807) is 0 Å². The fraction of sp³-hybridized carbons (Fsp3) is 0.111. The summed E-state index contributed by atoms with van der Waals surface area (Å²) in [5, 5.41) is 0. The van der Waals surface area contributed by atoms with Crippen molar-refractivity contribution >= 4 is 0 Å². The monoisotopic (exact) mass is 396 g/mol. The minimum absolute atomic E-state index is 0.596. The van der Waals surface area contributed by atoms with Gasteiger partial charge in [0.15, 0.2) is 11.5 Å². The molecular formula is C27H24O3. The van der Waals surface area contributed by atoms with Crippen molar-refractivity contribution in [3.05, 3.63) is 108 Å². The summed E-state index contributed by atoms with van der Waals surface area (Å²) in [5.41, 5.74) is 3.17. The van der Waals surface area contributed by atoms with Gasteiger partial charge in [-0.2, -0.15) is 0 Å². The Morgan fingerprint density at radius 3 is 1.33 bits per heavy atom. The Labute approximate surface area is 177 Å². The van der Waals surface area contributed by atoms with Crippen molar-refractivity contribution in [3.8, 4) is 34.5 Å². The summed E-state index contributed by atoms with van der Waals surface area (Å²) in [6, 6.07) is 29.4. The van der Waals surface area contributed by atoms with Gasteiger partial charge in [0, 0.05) is 6.07 Å². The summed E-state index contributed by atoms with van der Waals surface area (Å²) in [6.45, 7) is 6.06. The van der Waals surface area contributed by atoms with Gasteiger partial charge in [-0.05, 0) is 67.8 Å². The van der Waals surface area contributed by atoms with Crippen molar-refractivity contribution in [1.29, 1.82) is 0 Å². The van der Waals surface area contributed by atoms with E-state index in [0.717, 1.165) is 33.9 Å². The van der Waals surface area contributed by atoms with Gasteiger partial charge >= 0.3 is 0 Å². The maximum atomic E-state index is 6.26. The molecule has 150 valence electrons. The molecule has 0 aliphatic heterocycles. The Morgan fingerprint density at radius 1 is 0.400 bits per heavy atom. The molecule has 0 spiro atoms. The second kappa shape index (κ2) is 8.75. The lowest BCUT2D eigenvalue weighted by molar-refractivity contribution is 0.409. The first-order valence-corrected chi connectivity index (χ1v) is 9.94. The van der Waals surface area contributed by atoms with E-state index in [2.05, 4.69) is 0 Å². The van der Waals surface area contributed by atoms with E-state index >= 15 is 0 Å². The molecule has 0 unspecified atom stereocenters. The Kier molecular flexibility index (Phi) is 5.71. The van der Waals surface area contributed by atoms with Gasteiger partial charge in [-0.1, -0.05) is 54.6 Å². The lowest BCUT2D eigenvalue weighted by Gasteiger charge is -2.16. The van der Waals surface area contributed by atoms with Gasteiger partial charge in [-0.25, -0.2) is 0 Å². The van der Waals surface area contributed by atoms with E-state index in [-0.39, 0.29) is 0 Å². The number of para-hydroxylation sites is 3.